The van der Waals surface area contributed by atoms with Crippen LogP contribution in [0.25, 0.3) is 0 Å². The largest absolute Gasteiger partial charge is 0.374 e. The van der Waals surface area contributed by atoms with Crippen molar-refractivity contribution in [3.63, 3.8) is 0 Å². The molecule has 0 amide bonds. The Morgan fingerprint density at radius 2 is 2.17 bits per heavy atom. The summed E-state index contributed by atoms with van der Waals surface area (Å²) < 4.78 is 4.18. The van der Waals surface area contributed by atoms with Gasteiger partial charge in [-0.15, -0.1) is 0 Å². The minimum absolute atomic E-state index is 0.600. The van der Waals surface area contributed by atoms with Crippen LogP contribution in [0.2, 0.25) is 0 Å². The van der Waals surface area contributed by atoms with Crippen molar-refractivity contribution in [3.05, 3.63) is 5.82 Å². The lowest BCUT2D eigenvalue weighted by atomic mass is 10.0. The maximum atomic E-state index is 5.50. The molecule has 2 rings (SSSR count). The Morgan fingerprint density at radius 1 is 1.42 bits per heavy atom. The zero-order chi connectivity index (χ0) is 8.39. The molecule has 2 N–H and O–H groups in total. The van der Waals surface area contributed by atoms with E-state index in [4.69, 9.17) is 5.73 Å². The van der Waals surface area contributed by atoms with Gasteiger partial charge in [-0.05, 0) is 5.92 Å². The molecule has 1 aromatic heterocycles. The van der Waals surface area contributed by atoms with E-state index in [1.165, 1.54) is 37.2 Å². The second-order valence-electron chi connectivity index (χ2n) is 3.40. The van der Waals surface area contributed by atoms with Crippen LogP contribution in [0, 0.1) is 5.92 Å². The van der Waals surface area contributed by atoms with Gasteiger partial charge in [0, 0.05) is 18.0 Å². The first-order valence-electron chi connectivity index (χ1n) is 4.42. The Bertz CT molecular complexity index is 253. The van der Waals surface area contributed by atoms with E-state index in [2.05, 4.69) is 9.36 Å². The maximum absolute atomic E-state index is 5.50. The molecular weight excluding hydrogens is 170 g/mol. The SMILES string of the molecule is Nc1nc(CC2CCCC2)ns1. The molecule has 0 unspecified atom stereocenters. The molecule has 1 fully saturated rings. The molecule has 1 aromatic rings. The number of rotatable bonds is 2. The van der Waals surface area contributed by atoms with Gasteiger partial charge in [0.25, 0.3) is 0 Å². The van der Waals surface area contributed by atoms with Crippen molar-refractivity contribution in [2.75, 3.05) is 5.73 Å². The monoisotopic (exact) mass is 183 g/mol. The van der Waals surface area contributed by atoms with Gasteiger partial charge in [0.2, 0.25) is 0 Å². The number of anilines is 1. The first kappa shape index (κ1) is 7.98. The lowest BCUT2D eigenvalue weighted by molar-refractivity contribution is 0.534. The van der Waals surface area contributed by atoms with Crippen LogP contribution in [0.4, 0.5) is 5.13 Å². The summed E-state index contributed by atoms with van der Waals surface area (Å²) in [5, 5.41) is 0.600. The number of nitrogens with two attached hydrogens (primary N) is 1. The zero-order valence-electron chi connectivity index (χ0n) is 6.99. The lowest BCUT2D eigenvalue weighted by Gasteiger charge is -2.03. The standard InChI is InChI=1S/C8H13N3S/c9-8-10-7(11-12-8)5-6-3-1-2-4-6/h6H,1-5H2,(H2,9,10,11). The minimum Gasteiger partial charge on any atom is -0.374 e. The van der Waals surface area contributed by atoms with E-state index >= 15 is 0 Å². The van der Waals surface area contributed by atoms with Crippen LogP contribution in [-0.2, 0) is 6.42 Å². The normalized spacial score (nSPS) is 18.7. The van der Waals surface area contributed by atoms with E-state index in [0.29, 0.717) is 5.13 Å². The highest BCUT2D eigenvalue weighted by molar-refractivity contribution is 7.09. The summed E-state index contributed by atoms with van der Waals surface area (Å²) in [6.45, 7) is 0. The third kappa shape index (κ3) is 1.75. The van der Waals surface area contributed by atoms with Gasteiger partial charge in [-0.2, -0.15) is 4.37 Å². The Balaban J connectivity index is 1.94. The molecule has 1 aliphatic rings. The summed E-state index contributed by atoms with van der Waals surface area (Å²) in [5.41, 5.74) is 5.50. The van der Waals surface area contributed by atoms with Gasteiger partial charge in [-0.3, -0.25) is 0 Å². The molecule has 0 radical (unpaired) electrons. The molecule has 1 aliphatic carbocycles. The second-order valence-corrected chi connectivity index (χ2v) is 4.19. The smallest absolute Gasteiger partial charge is 0.199 e. The molecule has 1 saturated carbocycles. The van der Waals surface area contributed by atoms with Crippen LogP contribution in [0.5, 0.6) is 0 Å². The summed E-state index contributed by atoms with van der Waals surface area (Å²) in [5.74, 6) is 1.77. The Labute approximate surface area is 76.2 Å². The highest BCUT2D eigenvalue weighted by Gasteiger charge is 2.17. The van der Waals surface area contributed by atoms with Crippen LogP contribution >= 0.6 is 11.5 Å². The molecule has 4 heteroatoms. The Kier molecular flexibility index (Phi) is 2.26. The van der Waals surface area contributed by atoms with Crippen LogP contribution in [0.1, 0.15) is 31.5 Å². The number of hydrogen-bond acceptors (Lipinski definition) is 4. The second kappa shape index (κ2) is 3.39. The average molecular weight is 183 g/mol. The Hall–Kier alpha value is -0.640. The van der Waals surface area contributed by atoms with Crippen LogP contribution < -0.4 is 5.73 Å². The van der Waals surface area contributed by atoms with Gasteiger partial charge < -0.3 is 5.73 Å². The summed E-state index contributed by atoms with van der Waals surface area (Å²) in [6.07, 6.45) is 6.49. The maximum Gasteiger partial charge on any atom is 0.199 e. The molecule has 3 nitrogen and oxygen atoms in total. The topological polar surface area (TPSA) is 51.8 Å². The summed E-state index contributed by atoms with van der Waals surface area (Å²) in [7, 11) is 0. The van der Waals surface area contributed by atoms with Crippen molar-refractivity contribution in [1.82, 2.24) is 9.36 Å². The molecule has 66 valence electrons. The van der Waals surface area contributed by atoms with Crippen molar-refractivity contribution in [1.29, 1.82) is 0 Å². The van der Waals surface area contributed by atoms with Crippen LogP contribution in [0.15, 0.2) is 0 Å². The predicted molar refractivity (Wildman–Crippen MR) is 50.0 cm³/mol. The summed E-state index contributed by atoms with van der Waals surface area (Å²) in [6, 6.07) is 0. The highest BCUT2D eigenvalue weighted by Crippen LogP contribution is 2.27. The van der Waals surface area contributed by atoms with E-state index in [1.54, 1.807) is 0 Å². The highest BCUT2D eigenvalue weighted by atomic mass is 32.1. The first-order chi connectivity index (χ1) is 5.84. The average Bonchev–Trinajstić information content (AvgIpc) is 2.63. The third-order valence-corrected chi connectivity index (χ3v) is 3.01. The van der Waals surface area contributed by atoms with Crippen molar-refractivity contribution in [2.45, 2.75) is 32.1 Å². The minimum atomic E-state index is 0.600. The number of nitrogen functional groups attached to an aromatic ring is 1. The van der Waals surface area contributed by atoms with Crippen LogP contribution in [-0.4, -0.2) is 9.36 Å². The van der Waals surface area contributed by atoms with E-state index in [-0.39, 0.29) is 0 Å². The van der Waals surface area contributed by atoms with Crippen molar-refractivity contribution in [3.8, 4) is 0 Å². The fourth-order valence-corrected chi connectivity index (χ4v) is 2.28. The van der Waals surface area contributed by atoms with Gasteiger partial charge in [-0.1, -0.05) is 25.7 Å². The molecule has 12 heavy (non-hydrogen) atoms. The van der Waals surface area contributed by atoms with E-state index in [0.717, 1.165) is 18.2 Å². The fraction of sp³-hybridized carbons (Fsp3) is 0.750. The van der Waals surface area contributed by atoms with Gasteiger partial charge in [0.15, 0.2) is 5.13 Å². The third-order valence-electron chi connectivity index (χ3n) is 2.43. The van der Waals surface area contributed by atoms with Gasteiger partial charge in [0.1, 0.15) is 5.82 Å². The molecule has 0 atom stereocenters. The van der Waals surface area contributed by atoms with Crippen LogP contribution in [0.3, 0.4) is 0 Å². The van der Waals surface area contributed by atoms with Crippen molar-refractivity contribution >= 4 is 16.7 Å². The summed E-state index contributed by atoms with van der Waals surface area (Å²) in [4.78, 5) is 4.16. The molecule has 1 heterocycles. The summed E-state index contributed by atoms with van der Waals surface area (Å²) >= 11 is 1.30. The van der Waals surface area contributed by atoms with Gasteiger partial charge in [-0.25, -0.2) is 4.98 Å². The fourth-order valence-electron chi connectivity index (χ4n) is 1.82. The zero-order valence-corrected chi connectivity index (χ0v) is 7.81. The molecule has 0 saturated heterocycles. The molecule has 0 aromatic carbocycles. The number of nitrogens with zero attached hydrogens (tertiary/aromatic N) is 2. The molecule has 0 bridgehead atoms. The van der Waals surface area contributed by atoms with Gasteiger partial charge >= 0.3 is 0 Å². The van der Waals surface area contributed by atoms with Gasteiger partial charge in [0.05, 0.1) is 0 Å². The quantitative estimate of drug-likeness (QED) is 0.761. The molecule has 0 aliphatic heterocycles. The van der Waals surface area contributed by atoms with E-state index < -0.39 is 0 Å². The van der Waals surface area contributed by atoms with E-state index in [9.17, 15) is 0 Å². The van der Waals surface area contributed by atoms with Crippen molar-refractivity contribution in [2.24, 2.45) is 5.92 Å². The van der Waals surface area contributed by atoms with Crippen molar-refractivity contribution < 1.29 is 0 Å². The lowest BCUT2D eigenvalue weighted by Crippen LogP contribution is -2.00. The predicted octanol–water partition coefficient (Wildman–Crippen LogP) is 1.85. The molecule has 0 spiro atoms. The molecular formula is C8H13N3S. The first-order valence-corrected chi connectivity index (χ1v) is 5.20. The van der Waals surface area contributed by atoms with E-state index in [1.807, 2.05) is 0 Å². The Morgan fingerprint density at radius 3 is 2.75 bits per heavy atom. The number of hydrogen-bond donors (Lipinski definition) is 1. The number of aromatic nitrogens is 2.